The summed E-state index contributed by atoms with van der Waals surface area (Å²) in [5.41, 5.74) is 4.51. The predicted octanol–water partition coefficient (Wildman–Crippen LogP) is 9.45. The Bertz CT molecular complexity index is 789. The summed E-state index contributed by atoms with van der Waals surface area (Å²) < 4.78 is 12.8. The summed E-state index contributed by atoms with van der Waals surface area (Å²) in [6.45, 7) is 21.9. The van der Waals surface area contributed by atoms with Crippen LogP contribution in [0.4, 0.5) is 0 Å². The molecule has 0 aliphatic rings. The van der Waals surface area contributed by atoms with Crippen molar-refractivity contribution in [3.8, 4) is 11.5 Å². The molecule has 0 aromatic heterocycles. The molecule has 0 fully saturated rings. The van der Waals surface area contributed by atoms with Crippen molar-refractivity contribution in [2.24, 2.45) is 0 Å². The molecule has 0 heterocycles. The third-order valence-corrected chi connectivity index (χ3v) is 6.34. The van der Waals surface area contributed by atoms with Crippen LogP contribution in [0.15, 0.2) is 36.4 Å². The van der Waals surface area contributed by atoms with Gasteiger partial charge in [0.25, 0.3) is 0 Å². The first-order valence-electron chi connectivity index (χ1n) is 10.8. The van der Waals surface area contributed by atoms with Crippen LogP contribution in [0.1, 0.15) is 103 Å². The highest BCUT2D eigenvalue weighted by Gasteiger charge is 2.28. The Balaban J connectivity index is 2.48. The quantitative estimate of drug-likeness (QED) is 0.409. The molecule has 0 atom stereocenters. The number of hydrogen-bond donors (Lipinski definition) is 0. The fraction of sp³-hybridized carbons (Fsp3) is 0.538. The molecular weight excluding hydrogens is 411 g/mol. The fourth-order valence-corrected chi connectivity index (χ4v) is 4.71. The van der Waals surface area contributed by atoms with E-state index in [1.807, 2.05) is 0 Å². The lowest BCUT2D eigenvalue weighted by atomic mass is 9.84. The molecule has 2 nitrogen and oxygen atoms in total. The smallest absolute Gasteiger partial charge is 0.401 e. The summed E-state index contributed by atoms with van der Waals surface area (Å²) in [5, 5.41) is 0. The second-order valence-corrected chi connectivity index (χ2v) is 12.3. The Morgan fingerprint density at radius 1 is 0.667 bits per heavy atom. The van der Waals surface area contributed by atoms with Gasteiger partial charge in [0.15, 0.2) is 0 Å². The molecular formula is C26H38ClO2P. The van der Waals surface area contributed by atoms with Crippen LogP contribution >= 0.6 is 19.0 Å². The van der Waals surface area contributed by atoms with E-state index in [-0.39, 0.29) is 10.8 Å². The van der Waals surface area contributed by atoms with Gasteiger partial charge in [0.1, 0.15) is 11.5 Å². The molecule has 0 spiro atoms. The lowest BCUT2D eigenvalue weighted by Crippen LogP contribution is -2.15. The number of hydrogen-bond acceptors (Lipinski definition) is 2. The SMILES string of the molecule is CC(C)c1cccc(C(C)(C)C)c1OP(Cl)Oc1c(C(C)C)cccc1C(C)(C)C. The Kier molecular flexibility index (Phi) is 7.92. The minimum atomic E-state index is -1.67. The molecule has 0 aliphatic heterocycles. The lowest BCUT2D eigenvalue weighted by Gasteiger charge is -2.29. The van der Waals surface area contributed by atoms with Crippen LogP contribution < -0.4 is 9.05 Å². The highest BCUT2D eigenvalue weighted by molar-refractivity contribution is 7.76. The van der Waals surface area contributed by atoms with Crippen molar-refractivity contribution >= 4 is 19.0 Å². The van der Waals surface area contributed by atoms with E-state index in [0.717, 1.165) is 33.8 Å². The third kappa shape index (κ3) is 5.92. The maximum atomic E-state index is 6.77. The summed E-state index contributed by atoms with van der Waals surface area (Å²) in [6, 6.07) is 12.7. The van der Waals surface area contributed by atoms with Crippen molar-refractivity contribution in [2.75, 3.05) is 0 Å². The topological polar surface area (TPSA) is 18.5 Å². The van der Waals surface area contributed by atoms with Crippen LogP contribution in [0.25, 0.3) is 0 Å². The second kappa shape index (κ2) is 9.49. The summed E-state index contributed by atoms with van der Waals surface area (Å²) >= 11 is 6.77. The zero-order valence-electron chi connectivity index (χ0n) is 20.3. The minimum absolute atomic E-state index is 0.0558. The van der Waals surface area contributed by atoms with Crippen molar-refractivity contribution in [2.45, 2.75) is 91.9 Å². The van der Waals surface area contributed by atoms with Crippen LogP contribution in [0.2, 0.25) is 0 Å². The summed E-state index contributed by atoms with van der Waals surface area (Å²) in [5.74, 6) is 2.38. The molecule has 4 heteroatoms. The maximum absolute atomic E-state index is 6.77. The van der Waals surface area contributed by atoms with E-state index in [1.165, 1.54) is 0 Å². The van der Waals surface area contributed by atoms with Crippen LogP contribution in [0, 0.1) is 0 Å². The predicted molar refractivity (Wildman–Crippen MR) is 132 cm³/mol. The molecule has 0 N–H and O–H groups in total. The van der Waals surface area contributed by atoms with Crippen LogP contribution in [0.5, 0.6) is 11.5 Å². The Morgan fingerprint density at radius 2 is 1.00 bits per heavy atom. The molecule has 2 aromatic rings. The third-order valence-electron chi connectivity index (χ3n) is 5.28. The molecule has 0 saturated heterocycles. The number of para-hydroxylation sites is 2. The average Bonchev–Trinajstić information content (AvgIpc) is 2.59. The first kappa shape index (κ1) is 25.0. The Hall–Kier alpha value is -1.24. The van der Waals surface area contributed by atoms with Gasteiger partial charge in [-0.15, -0.1) is 0 Å². The van der Waals surface area contributed by atoms with Crippen LogP contribution in [0.3, 0.4) is 0 Å². The van der Waals surface area contributed by atoms with E-state index >= 15 is 0 Å². The van der Waals surface area contributed by atoms with Gasteiger partial charge in [0.2, 0.25) is 0 Å². The molecule has 0 saturated carbocycles. The molecule has 0 aliphatic carbocycles. The molecule has 166 valence electrons. The van der Waals surface area contributed by atoms with Gasteiger partial charge in [-0.3, -0.25) is 0 Å². The van der Waals surface area contributed by atoms with Gasteiger partial charge in [-0.1, -0.05) is 106 Å². The van der Waals surface area contributed by atoms with E-state index in [4.69, 9.17) is 20.3 Å². The van der Waals surface area contributed by atoms with Gasteiger partial charge in [-0.05, 0) is 45.0 Å². The molecule has 0 bridgehead atoms. The van der Waals surface area contributed by atoms with Gasteiger partial charge < -0.3 is 9.05 Å². The van der Waals surface area contributed by atoms with E-state index < -0.39 is 7.73 Å². The second-order valence-electron chi connectivity index (χ2n) is 10.7. The summed E-state index contributed by atoms with van der Waals surface area (Å²) in [6.07, 6.45) is 0. The van der Waals surface area contributed by atoms with Crippen LogP contribution in [-0.2, 0) is 10.8 Å². The largest absolute Gasteiger partial charge is 0.427 e. The van der Waals surface area contributed by atoms with Gasteiger partial charge in [-0.25, -0.2) is 0 Å². The minimum Gasteiger partial charge on any atom is -0.427 e. The van der Waals surface area contributed by atoms with Crippen molar-refractivity contribution < 1.29 is 9.05 Å². The average molecular weight is 449 g/mol. The van der Waals surface area contributed by atoms with Crippen LogP contribution in [-0.4, -0.2) is 0 Å². The maximum Gasteiger partial charge on any atom is 0.401 e. The van der Waals surface area contributed by atoms with Gasteiger partial charge in [0, 0.05) is 11.1 Å². The molecule has 2 aromatic carbocycles. The molecule has 0 radical (unpaired) electrons. The summed E-state index contributed by atoms with van der Waals surface area (Å²) in [7, 11) is -1.67. The standard InChI is InChI=1S/C26H38ClO2P/c1-17(2)19-13-11-15-21(25(5,6)7)23(19)28-30(27)29-24-20(18(3)4)14-12-16-22(24)26(8,9)10/h11-18H,1-10H3. The van der Waals surface area contributed by atoms with Gasteiger partial charge in [0.05, 0.1) is 0 Å². The fourth-order valence-electron chi connectivity index (χ4n) is 3.57. The highest BCUT2D eigenvalue weighted by Crippen LogP contribution is 2.52. The Labute approximate surface area is 190 Å². The molecule has 30 heavy (non-hydrogen) atoms. The van der Waals surface area contributed by atoms with Crippen molar-refractivity contribution in [1.82, 2.24) is 0 Å². The van der Waals surface area contributed by atoms with Crippen molar-refractivity contribution in [3.63, 3.8) is 0 Å². The van der Waals surface area contributed by atoms with E-state index in [1.54, 1.807) is 0 Å². The van der Waals surface area contributed by atoms with Crippen molar-refractivity contribution in [1.29, 1.82) is 0 Å². The number of halogens is 1. The first-order valence-corrected chi connectivity index (χ1v) is 12.9. The van der Waals surface area contributed by atoms with Gasteiger partial charge >= 0.3 is 7.73 Å². The number of benzene rings is 2. The molecule has 2 rings (SSSR count). The van der Waals surface area contributed by atoms with E-state index in [2.05, 4.69) is 106 Å². The normalized spacial score (nSPS) is 12.7. The lowest BCUT2D eigenvalue weighted by molar-refractivity contribution is 0.464. The van der Waals surface area contributed by atoms with E-state index in [0.29, 0.717) is 11.8 Å². The molecule has 0 unspecified atom stereocenters. The highest BCUT2D eigenvalue weighted by atomic mass is 35.7. The zero-order chi connectivity index (χ0) is 22.9. The van der Waals surface area contributed by atoms with E-state index in [9.17, 15) is 0 Å². The number of rotatable bonds is 6. The summed E-state index contributed by atoms with van der Waals surface area (Å²) in [4.78, 5) is 0. The Morgan fingerprint density at radius 3 is 1.27 bits per heavy atom. The zero-order valence-corrected chi connectivity index (χ0v) is 21.9. The molecule has 0 amide bonds. The first-order chi connectivity index (χ1) is 13.7. The van der Waals surface area contributed by atoms with Crippen molar-refractivity contribution in [3.05, 3.63) is 58.7 Å². The monoisotopic (exact) mass is 448 g/mol. The van der Waals surface area contributed by atoms with Gasteiger partial charge in [-0.2, -0.15) is 0 Å².